The highest BCUT2D eigenvalue weighted by Gasteiger charge is 2.26. The van der Waals surface area contributed by atoms with E-state index in [1.165, 1.54) is 0 Å². The molecule has 0 atom stereocenters. The highest BCUT2D eigenvalue weighted by Crippen LogP contribution is 2.23. The number of rotatable bonds is 7. The maximum Gasteiger partial charge on any atom is 0.270 e. The normalized spacial score (nSPS) is 12.4. The lowest BCUT2D eigenvalue weighted by Crippen LogP contribution is -2.35. The number of nitro benzene ring substituents is 1. The minimum absolute atomic E-state index is 0.0297. The van der Waals surface area contributed by atoms with E-state index in [0.717, 1.165) is 12.1 Å². The molecule has 2 N–H and O–H groups in total. The maximum absolute atomic E-state index is 13.6. The summed E-state index contributed by atoms with van der Waals surface area (Å²) in [7, 11) is -4.21. The predicted octanol–water partition coefficient (Wildman–Crippen LogP) is 1.42. The number of hydrogen-bond acceptors (Lipinski definition) is 5. The number of sulfonamides is 1. The van der Waals surface area contributed by atoms with Gasteiger partial charge in [-0.1, -0.05) is 13.8 Å². The van der Waals surface area contributed by atoms with E-state index < -0.39 is 36.8 Å². The van der Waals surface area contributed by atoms with Gasteiger partial charge in [0.1, 0.15) is 10.7 Å². The van der Waals surface area contributed by atoms with Crippen LogP contribution >= 0.6 is 0 Å². The Morgan fingerprint density at radius 1 is 1.43 bits per heavy atom. The Labute approximate surface area is 122 Å². The molecule has 21 heavy (non-hydrogen) atoms. The first-order chi connectivity index (χ1) is 9.59. The van der Waals surface area contributed by atoms with Gasteiger partial charge >= 0.3 is 0 Å². The van der Waals surface area contributed by atoms with Crippen molar-refractivity contribution in [1.29, 1.82) is 0 Å². The number of benzene rings is 1. The Hall–Kier alpha value is -1.58. The standard InChI is InChI=1S/C12H17FN2O5S/c1-12(2,5-6-16)8-14-21(19,20)11-7-9(15(17)18)3-4-10(11)13/h3-4,7,14,16H,5-6,8H2,1-2H3. The number of nitrogens with zero attached hydrogens (tertiary/aromatic N) is 1. The van der Waals surface area contributed by atoms with Crippen molar-refractivity contribution in [2.24, 2.45) is 5.41 Å². The molecule has 1 aromatic rings. The third kappa shape index (κ3) is 4.73. The number of nitro groups is 1. The van der Waals surface area contributed by atoms with E-state index in [4.69, 9.17) is 5.11 Å². The molecule has 0 amide bonds. The van der Waals surface area contributed by atoms with Crippen molar-refractivity contribution in [2.75, 3.05) is 13.2 Å². The van der Waals surface area contributed by atoms with E-state index in [0.29, 0.717) is 12.5 Å². The second-order valence-electron chi connectivity index (χ2n) is 5.33. The maximum atomic E-state index is 13.6. The molecule has 0 unspecified atom stereocenters. The third-order valence-electron chi connectivity index (χ3n) is 2.94. The molecule has 1 aromatic carbocycles. The third-order valence-corrected chi connectivity index (χ3v) is 4.36. The zero-order valence-electron chi connectivity index (χ0n) is 11.7. The molecule has 1 rings (SSSR count). The molecule has 7 nitrogen and oxygen atoms in total. The molecule has 0 spiro atoms. The largest absolute Gasteiger partial charge is 0.396 e. The van der Waals surface area contributed by atoms with Gasteiger partial charge in [-0.3, -0.25) is 10.1 Å². The second kappa shape index (κ2) is 6.46. The first kappa shape index (κ1) is 17.5. The van der Waals surface area contributed by atoms with Crippen molar-refractivity contribution >= 4 is 15.7 Å². The summed E-state index contributed by atoms with van der Waals surface area (Å²) in [6.07, 6.45) is 0.354. The molecule has 0 aliphatic carbocycles. The van der Waals surface area contributed by atoms with Crippen molar-refractivity contribution in [3.8, 4) is 0 Å². The molecule has 9 heteroatoms. The first-order valence-electron chi connectivity index (χ1n) is 6.13. The fourth-order valence-electron chi connectivity index (χ4n) is 1.57. The molecule has 0 aliphatic heterocycles. The number of nitrogens with one attached hydrogen (secondary N) is 1. The summed E-state index contributed by atoms with van der Waals surface area (Å²) in [6, 6.07) is 2.31. The molecular weight excluding hydrogens is 303 g/mol. The molecule has 0 aromatic heterocycles. The summed E-state index contributed by atoms with van der Waals surface area (Å²) in [4.78, 5) is 9.07. The molecule has 0 heterocycles. The van der Waals surface area contributed by atoms with E-state index in [1.54, 1.807) is 13.8 Å². The van der Waals surface area contributed by atoms with Gasteiger partial charge in [-0.05, 0) is 17.9 Å². The number of halogens is 1. The monoisotopic (exact) mass is 320 g/mol. The smallest absolute Gasteiger partial charge is 0.270 e. The number of aliphatic hydroxyl groups is 1. The number of aliphatic hydroxyl groups excluding tert-OH is 1. The zero-order chi connectivity index (χ0) is 16.3. The van der Waals surface area contributed by atoms with Gasteiger partial charge in [0.15, 0.2) is 0 Å². The van der Waals surface area contributed by atoms with Crippen LogP contribution in [-0.2, 0) is 10.0 Å². The Kier molecular flexibility index (Phi) is 5.37. The summed E-state index contributed by atoms with van der Waals surface area (Å²) < 4.78 is 39.9. The van der Waals surface area contributed by atoms with Crippen LogP contribution in [0.2, 0.25) is 0 Å². The summed E-state index contributed by atoms with van der Waals surface area (Å²) in [5, 5.41) is 19.5. The number of non-ortho nitro benzene ring substituents is 1. The Bertz CT molecular complexity index is 631. The quantitative estimate of drug-likeness (QED) is 0.583. The lowest BCUT2D eigenvalue weighted by Gasteiger charge is -2.23. The predicted molar refractivity (Wildman–Crippen MR) is 73.7 cm³/mol. The van der Waals surface area contributed by atoms with E-state index in [2.05, 4.69) is 4.72 Å². The zero-order valence-corrected chi connectivity index (χ0v) is 12.5. The highest BCUT2D eigenvalue weighted by molar-refractivity contribution is 7.89. The van der Waals surface area contributed by atoms with Gasteiger partial charge in [0, 0.05) is 25.3 Å². The van der Waals surface area contributed by atoms with Gasteiger partial charge in [0.25, 0.3) is 5.69 Å². The molecule has 0 saturated carbocycles. The minimum atomic E-state index is -4.21. The van der Waals surface area contributed by atoms with Crippen LogP contribution in [0.25, 0.3) is 0 Å². The SMILES string of the molecule is CC(C)(CCO)CNS(=O)(=O)c1cc([N+](=O)[O-])ccc1F. The van der Waals surface area contributed by atoms with Crippen molar-refractivity contribution < 1.29 is 22.8 Å². The van der Waals surface area contributed by atoms with E-state index in [-0.39, 0.29) is 13.2 Å². The van der Waals surface area contributed by atoms with Gasteiger partial charge in [-0.2, -0.15) is 0 Å². The fraction of sp³-hybridized carbons (Fsp3) is 0.500. The first-order valence-corrected chi connectivity index (χ1v) is 7.62. The van der Waals surface area contributed by atoms with Crippen LogP contribution in [0.1, 0.15) is 20.3 Å². The molecule has 0 aliphatic rings. The van der Waals surface area contributed by atoms with Crippen molar-refractivity contribution in [3.05, 3.63) is 34.1 Å². The Morgan fingerprint density at radius 3 is 2.57 bits per heavy atom. The van der Waals surface area contributed by atoms with Crippen LogP contribution in [0.5, 0.6) is 0 Å². The second-order valence-corrected chi connectivity index (χ2v) is 7.07. The van der Waals surface area contributed by atoms with Crippen LogP contribution in [0.3, 0.4) is 0 Å². The Balaban J connectivity index is 3.03. The van der Waals surface area contributed by atoms with E-state index in [9.17, 15) is 22.9 Å². The van der Waals surface area contributed by atoms with Crippen LogP contribution in [-0.4, -0.2) is 31.6 Å². The number of hydrogen-bond donors (Lipinski definition) is 2. The summed E-state index contributed by atoms with van der Waals surface area (Å²) >= 11 is 0. The average molecular weight is 320 g/mol. The van der Waals surface area contributed by atoms with Gasteiger partial charge < -0.3 is 5.11 Å². The minimum Gasteiger partial charge on any atom is -0.396 e. The van der Waals surface area contributed by atoms with Gasteiger partial charge in [-0.15, -0.1) is 0 Å². The topological polar surface area (TPSA) is 110 Å². The summed E-state index contributed by atoms with van der Waals surface area (Å²) in [5.74, 6) is -1.06. The summed E-state index contributed by atoms with van der Waals surface area (Å²) in [5.41, 5.74) is -1.04. The highest BCUT2D eigenvalue weighted by atomic mass is 32.2. The fourth-order valence-corrected chi connectivity index (χ4v) is 2.91. The van der Waals surface area contributed by atoms with Crippen LogP contribution in [0, 0.1) is 21.3 Å². The van der Waals surface area contributed by atoms with E-state index >= 15 is 0 Å². The van der Waals surface area contributed by atoms with Gasteiger partial charge in [0.05, 0.1) is 4.92 Å². The molecule has 0 radical (unpaired) electrons. The summed E-state index contributed by atoms with van der Waals surface area (Å²) in [6.45, 7) is 3.32. The van der Waals surface area contributed by atoms with Gasteiger partial charge in [0.2, 0.25) is 10.0 Å². The molecule has 0 fully saturated rings. The molecular formula is C12H17FN2O5S. The average Bonchev–Trinajstić information content (AvgIpc) is 2.36. The lowest BCUT2D eigenvalue weighted by atomic mass is 9.90. The van der Waals surface area contributed by atoms with Crippen molar-refractivity contribution in [1.82, 2.24) is 4.72 Å². The molecule has 0 bridgehead atoms. The van der Waals surface area contributed by atoms with Crippen LogP contribution < -0.4 is 4.72 Å². The van der Waals surface area contributed by atoms with Crippen molar-refractivity contribution in [2.45, 2.75) is 25.2 Å². The van der Waals surface area contributed by atoms with Crippen LogP contribution in [0.4, 0.5) is 10.1 Å². The van der Waals surface area contributed by atoms with Crippen LogP contribution in [0.15, 0.2) is 23.1 Å². The van der Waals surface area contributed by atoms with E-state index in [1.807, 2.05) is 0 Å². The Morgan fingerprint density at radius 2 is 2.05 bits per heavy atom. The molecule has 0 saturated heterocycles. The lowest BCUT2D eigenvalue weighted by molar-refractivity contribution is -0.385. The molecule has 118 valence electrons. The van der Waals surface area contributed by atoms with Gasteiger partial charge in [-0.25, -0.2) is 17.5 Å². The van der Waals surface area contributed by atoms with Crippen molar-refractivity contribution in [3.63, 3.8) is 0 Å².